The van der Waals surface area contributed by atoms with Crippen molar-refractivity contribution >= 4 is 17.4 Å². The lowest BCUT2D eigenvalue weighted by molar-refractivity contribution is -0.137. The normalized spacial score (nSPS) is 11.3. The van der Waals surface area contributed by atoms with E-state index in [1.807, 2.05) is 25.1 Å². The number of hydrogen-bond donors (Lipinski definition) is 1. The third-order valence-electron chi connectivity index (χ3n) is 4.27. The summed E-state index contributed by atoms with van der Waals surface area (Å²) < 4.78 is 45.4. The van der Waals surface area contributed by atoms with E-state index < -0.39 is 23.3 Å². The van der Waals surface area contributed by atoms with Gasteiger partial charge in [-0.25, -0.2) is 0 Å². The number of aryl methyl sites for hydroxylation is 1. The molecule has 1 amide bonds. The molecule has 0 spiro atoms. The summed E-state index contributed by atoms with van der Waals surface area (Å²) >= 11 is 0. The van der Waals surface area contributed by atoms with Gasteiger partial charge in [-0.2, -0.15) is 13.2 Å². The van der Waals surface area contributed by atoms with Crippen molar-refractivity contribution in [3.05, 3.63) is 88.9 Å². The standard InChI is InChI=1S/C22H18F3NO3/c1-14-4-2-5-15(10-14)11-17(27)12-16-7-8-19(18(13-16)22(23,24)25)26-21(28)20-6-3-9-29-20/h2-10,13H,11-12H2,1H3,(H,26,28). The van der Waals surface area contributed by atoms with E-state index in [1.54, 1.807) is 6.07 Å². The van der Waals surface area contributed by atoms with Gasteiger partial charge in [-0.05, 0) is 42.3 Å². The Kier molecular flexibility index (Phi) is 5.87. The molecule has 2 aromatic carbocycles. The van der Waals surface area contributed by atoms with Gasteiger partial charge in [0.25, 0.3) is 5.91 Å². The number of nitrogens with one attached hydrogen (secondary N) is 1. The molecule has 3 aromatic rings. The number of hydrogen-bond acceptors (Lipinski definition) is 3. The molecule has 150 valence electrons. The van der Waals surface area contributed by atoms with Crippen molar-refractivity contribution in [3.8, 4) is 0 Å². The maximum atomic E-state index is 13.5. The topological polar surface area (TPSA) is 59.3 Å². The first-order valence-electron chi connectivity index (χ1n) is 8.84. The van der Waals surface area contributed by atoms with Crippen molar-refractivity contribution in [2.45, 2.75) is 25.9 Å². The number of furan rings is 1. The summed E-state index contributed by atoms with van der Waals surface area (Å²) in [5.74, 6) is -1.09. The van der Waals surface area contributed by atoms with Gasteiger partial charge in [0.2, 0.25) is 0 Å². The van der Waals surface area contributed by atoms with Crippen LogP contribution in [0.15, 0.2) is 65.3 Å². The van der Waals surface area contributed by atoms with Gasteiger partial charge in [0.15, 0.2) is 5.76 Å². The summed E-state index contributed by atoms with van der Waals surface area (Å²) in [6, 6.07) is 13.7. The molecule has 0 radical (unpaired) electrons. The Bertz CT molecular complexity index is 1020. The Balaban J connectivity index is 1.78. The maximum Gasteiger partial charge on any atom is 0.418 e. The van der Waals surface area contributed by atoms with Crippen molar-refractivity contribution in [3.63, 3.8) is 0 Å². The minimum atomic E-state index is -4.69. The molecule has 0 atom stereocenters. The fourth-order valence-corrected chi connectivity index (χ4v) is 2.98. The van der Waals surface area contributed by atoms with E-state index in [1.165, 1.54) is 24.5 Å². The monoisotopic (exact) mass is 401 g/mol. The van der Waals surface area contributed by atoms with E-state index in [0.29, 0.717) is 0 Å². The lowest BCUT2D eigenvalue weighted by atomic mass is 9.99. The lowest BCUT2D eigenvalue weighted by Gasteiger charge is -2.15. The van der Waals surface area contributed by atoms with Crippen LogP contribution in [0.5, 0.6) is 0 Å². The number of alkyl halides is 3. The van der Waals surface area contributed by atoms with Gasteiger partial charge in [-0.3, -0.25) is 9.59 Å². The SMILES string of the molecule is Cc1cccc(CC(=O)Cc2ccc(NC(=O)c3ccco3)c(C(F)(F)F)c2)c1. The van der Waals surface area contributed by atoms with Gasteiger partial charge in [0.05, 0.1) is 17.5 Å². The molecule has 1 N–H and O–H groups in total. The van der Waals surface area contributed by atoms with Crippen molar-refractivity contribution < 1.29 is 27.2 Å². The van der Waals surface area contributed by atoms with E-state index in [4.69, 9.17) is 4.42 Å². The number of benzene rings is 2. The second-order valence-electron chi connectivity index (χ2n) is 6.69. The Labute approximate surface area is 165 Å². The van der Waals surface area contributed by atoms with Crippen LogP contribution in [0.25, 0.3) is 0 Å². The Hall–Kier alpha value is -3.35. The van der Waals surface area contributed by atoms with Crippen molar-refractivity contribution in [2.24, 2.45) is 0 Å². The molecule has 7 heteroatoms. The average Bonchev–Trinajstić information content (AvgIpc) is 3.17. The van der Waals surface area contributed by atoms with Crippen molar-refractivity contribution in [1.29, 1.82) is 0 Å². The number of rotatable bonds is 6. The van der Waals surface area contributed by atoms with Gasteiger partial charge < -0.3 is 9.73 Å². The lowest BCUT2D eigenvalue weighted by Crippen LogP contribution is -2.17. The van der Waals surface area contributed by atoms with Gasteiger partial charge in [0, 0.05) is 12.8 Å². The van der Waals surface area contributed by atoms with Crippen molar-refractivity contribution in [2.75, 3.05) is 5.32 Å². The minimum absolute atomic E-state index is 0.101. The molecule has 0 fully saturated rings. The van der Waals surface area contributed by atoms with E-state index in [2.05, 4.69) is 5.32 Å². The molecule has 0 aliphatic rings. The highest BCUT2D eigenvalue weighted by Crippen LogP contribution is 2.36. The zero-order valence-electron chi connectivity index (χ0n) is 15.5. The number of halogens is 3. The summed E-state index contributed by atoms with van der Waals surface area (Å²) in [6.07, 6.45) is -3.44. The van der Waals surface area contributed by atoms with E-state index in [0.717, 1.165) is 23.3 Å². The van der Waals surface area contributed by atoms with Crippen LogP contribution in [-0.2, 0) is 23.8 Å². The molecule has 0 aliphatic heterocycles. The summed E-state index contributed by atoms with van der Waals surface area (Å²) in [7, 11) is 0. The van der Waals surface area contributed by atoms with Crippen LogP contribution >= 0.6 is 0 Å². The van der Waals surface area contributed by atoms with E-state index >= 15 is 0 Å². The highest BCUT2D eigenvalue weighted by atomic mass is 19.4. The molecule has 4 nitrogen and oxygen atoms in total. The smallest absolute Gasteiger partial charge is 0.418 e. The van der Waals surface area contributed by atoms with Crippen molar-refractivity contribution in [1.82, 2.24) is 0 Å². The Morgan fingerprint density at radius 3 is 2.31 bits per heavy atom. The number of amides is 1. The van der Waals surface area contributed by atoms with Crippen LogP contribution in [0.4, 0.5) is 18.9 Å². The first-order valence-corrected chi connectivity index (χ1v) is 8.84. The number of carbonyl (C=O) groups is 2. The van der Waals surface area contributed by atoms with Crippen LogP contribution < -0.4 is 5.32 Å². The fraction of sp³-hybridized carbons (Fsp3) is 0.182. The molecule has 0 unspecified atom stereocenters. The molecule has 29 heavy (non-hydrogen) atoms. The zero-order valence-corrected chi connectivity index (χ0v) is 15.5. The molecule has 1 heterocycles. The van der Waals surface area contributed by atoms with Gasteiger partial charge in [-0.15, -0.1) is 0 Å². The number of Topliss-reactive ketones (excluding diaryl/α,β-unsaturated/α-hetero) is 1. The van der Waals surface area contributed by atoms with E-state index in [-0.39, 0.29) is 29.9 Å². The predicted molar refractivity (Wildman–Crippen MR) is 102 cm³/mol. The van der Waals surface area contributed by atoms with Crippen LogP contribution in [0.2, 0.25) is 0 Å². The van der Waals surface area contributed by atoms with Gasteiger partial charge >= 0.3 is 6.18 Å². The first kappa shape index (κ1) is 20.4. The average molecular weight is 401 g/mol. The van der Waals surface area contributed by atoms with Crippen LogP contribution in [0.3, 0.4) is 0 Å². The van der Waals surface area contributed by atoms with Crippen LogP contribution in [0.1, 0.15) is 32.8 Å². The van der Waals surface area contributed by atoms with Gasteiger partial charge in [0.1, 0.15) is 5.78 Å². The highest BCUT2D eigenvalue weighted by molar-refractivity contribution is 6.02. The summed E-state index contributed by atoms with van der Waals surface area (Å²) in [5.41, 5.74) is 0.637. The van der Waals surface area contributed by atoms with Crippen LogP contribution in [-0.4, -0.2) is 11.7 Å². The number of anilines is 1. The Morgan fingerprint density at radius 2 is 1.69 bits per heavy atom. The highest BCUT2D eigenvalue weighted by Gasteiger charge is 2.34. The second kappa shape index (κ2) is 8.34. The fourth-order valence-electron chi connectivity index (χ4n) is 2.98. The number of carbonyl (C=O) groups excluding carboxylic acids is 2. The summed E-state index contributed by atoms with van der Waals surface area (Å²) in [5, 5.41) is 2.21. The molecule has 0 saturated heterocycles. The van der Waals surface area contributed by atoms with Crippen LogP contribution in [0, 0.1) is 6.92 Å². The van der Waals surface area contributed by atoms with E-state index in [9.17, 15) is 22.8 Å². The molecule has 0 aliphatic carbocycles. The zero-order chi connectivity index (χ0) is 21.0. The quantitative estimate of drug-likeness (QED) is 0.617. The second-order valence-corrected chi connectivity index (χ2v) is 6.69. The molecule has 3 rings (SSSR count). The summed E-state index contributed by atoms with van der Waals surface area (Å²) in [4.78, 5) is 24.3. The predicted octanol–water partition coefficient (Wildman–Crippen LogP) is 5.21. The Morgan fingerprint density at radius 1 is 0.966 bits per heavy atom. The molecule has 0 bridgehead atoms. The largest absolute Gasteiger partial charge is 0.459 e. The molecule has 0 saturated carbocycles. The minimum Gasteiger partial charge on any atom is -0.459 e. The summed E-state index contributed by atoms with van der Waals surface area (Å²) in [6.45, 7) is 1.90. The first-order chi connectivity index (χ1) is 13.7. The third kappa shape index (κ3) is 5.34. The number of ketones is 1. The maximum absolute atomic E-state index is 13.5. The molecule has 1 aromatic heterocycles. The van der Waals surface area contributed by atoms with Gasteiger partial charge in [-0.1, -0.05) is 35.9 Å². The molecular weight excluding hydrogens is 383 g/mol. The molecular formula is C22H18F3NO3. The third-order valence-corrected chi connectivity index (χ3v) is 4.27.